The fourth-order valence-corrected chi connectivity index (χ4v) is 4.23. The van der Waals surface area contributed by atoms with Crippen LogP contribution in [0.4, 0.5) is 0 Å². The molecule has 1 aliphatic heterocycles. The van der Waals surface area contributed by atoms with E-state index < -0.39 is 12.3 Å². The number of aromatic nitrogens is 1. The third kappa shape index (κ3) is 5.41. The van der Waals surface area contributed by atoms with Crippen LogP contribution in [0.15, 0.2) is 60.7 Å². The molecule has 1 aromatic heterocycles. The van der Waals surface area contributed by atoms with Crippen molar-refractivity contribution in [3.63, 3.8) is 0 Å². The molecule has 0 radical (unpaired) electrons. The Hall–Kier alpha value is -3.22. The zero-order valence-corrected chi connectivity index (χ0v) is 18.9. The largest absolute Gasteiger partial charge is 0.508 e. The molecule has 0 saturated carbocycles. The van der Waals surface area contributed by atoms with Crippen molar-refractivity contribution in [2.75, 3.05) is 6.61 Å². The molecule has 2 N–H and O–H groups in total. The number of rotatable bonds is 7. The summed E-state index contributed by atoms with van der Waals surface area (Å²) in [7, 11) is 0. The van der Waals surface area contributed by atoms with Gasteiger partial charge < -0.3 is 19.7 Å². The summed E-state index contributed by atoms with van der Waals surface area (Å²) < 4.78 is 12.6. The van der Waals surface area contributed by atoms with Gasteiger partial charge in [0.25, 0.3) is 0 Å². The normalized spacial score (nSPS) is 21.0. The lowest BCUT2D eigenvalue weighted by Crippen LogP contribution is -2.31. The zero-order valence-electron chi connectivity index (χ0n) is 18.9. The van der Waals surface area contributed by atoms with Gasteiger partial charge in [0, 0.05) is 34.5 Å². The Balaban J connectivity index is 1.60. The molecule has 3 atom stereocenters. The molecule has 3 aromatic rings. The van der Waals surface area contributed by atoms with E-state index in [1.165, 1.54) is 0 Å². The highest BCUT2D eigenvalue weighted by atomic mass is 16.7. The fourth-order valence-electron chi connectivity index (χ4n) is 4.23. The van der Waals surface area contributed by atoms with Crippen molar-refractivity contribution in [1.82, 2.24) is 4.98 Å². The summed E-state index contributed by atoms with van der Waals surface area (Å²) in [4.78, 5) is 15.5. The average Bonchev–Trinajstić information content (AvgIpc) is 2.79. The first-order chi connectivity index (χ1) is 15.9. The predicted molar refractivity (Wildman–Crippen MR) is 126 cm³/mol. The highest BCUT2D eigenvalue weighted by Gasteiger charge is 2.35. The molecule has 172 valence electrons. The number of benzene rings is 2. The molecule has 0 amide bonds. The van der Waals surface area contributed by atoms with Crippen molar-refractivity contribution in [2.24, 2.45) is 5.92 Å². The number of ether oxygens (including phenoxy) is 2. The molecule has 4 rings (SSSR count). The molecule has 6 heteroatoms. The van der Waals surface area contributed by atoms with Gasteiger partial charge >= 0.3 is 5.97 Å². The molecule has 1 aliphatic rings. The number of phenols is 1. The lowest BCUT2D eigenvalue weighted by atomic mass is 9.91. The maximum atomic E-state index is 10.7. The number of pyridine rings is 1. The van der Waals surface area contributed by atoms with Gasteiger partial charge in [-0.2, -0.15) is 0 Å². The lowest BCUT2D eigenvalue weighted by Gasteiger charge is -2.37. The summed E-state index contributed by atoms with van der Waals surface area (Å²) >= 11 is 0. The molecule has 0 unspecified atom stereocenters. The first-order valence-electron chi connectivity index (χ1n) is 11.2. The number of carboxylic acid groups (broad SMARTS) is 1. The van der Waals surface area contributed by atoms with E-state index in [-0.39, 0.29) is 24.2 Å². The number of nitrogens with zero attached hydrogens (tertiary/aromatic N) is 1. The summed E-state index contributed by atoms with van der Waals surface area (Å²) in [6, 6.07) is 15.4. The highest BCUT2D eigenvalue weighted by molar-refractivity contribution is 5.80. The van der Waals surface area contributed by atoms with E-state index in [4.69, 9.17) is 19.6 Å². The number of aliphatic carboxylic acids is 1. The van der Waals surface area contributed by atoms with E-state index in [1.54, 1.807) is 12.1 Å². The highest BCUT2D eigenvalue weighted by Crippen LogP contribution is 2.43. The van der Waals surface area contributed by atoms with Crippen LogP contribution < -0.4 is 0 Å². The number of para-hydroxylation sites is 1. The third-order valence-electron chi connectivity index (χ3n) is 5.99. The predicted octanol–water partition coefficient (Wildman–Crippen LogP) is 5.77. The van der Waals surface area contributed by atoms with Crippen LogP contribution in [0.2, 0.25) is 0 Å². The van der Waals surface area contributed by atoms with Crippen molar-refractivity contribution >= 4 is 16.9 Å². The van der Waals surface area contributed by atoms with E-state index in [9.17, 15) is 9.90 Å². The van der Waals surface area contributed by atoms with Gasteiger partial charge in [-0.25, -0.2) is 0 Å². The Bertz CT molecular complexity index is 1170. The van der Waals surface area contributed by atoms with Crippen LogP contribution in [0, 0.1) is 19.8 Å². The quantitative estimate of drug-likeness (QED) is 0.447. The first-order valence-corrected chi connectivity index (χ1v) is 11.2. The minimum atomic E-state index is -0.812. The molecule has 1 saturated heterocycles. The minimum absolute atomic E-state index is 0.0217. The number of carbonyl (C=O) groups is 1. The summed E-state index contributed by atoms with van der Waals surface area (Å²) in [5, 5.41) is 20.4. The Morgan fingerprint density at radius 2 is 1.94 bits per heavy atom. The van der Waals surface area contributed by atoms with E-state index in [2.05, 4.69) is 19.1 Å². The summed E-state index contributed by atoms with van der Waals surface area (Å²) in [6.45, 7) is 4.45. The Kier molecular flexibility index (Phi) is 7.06. The second-order valence-corrected chi connectivity index (χ2v) is 8.54. The molecule has 33 heavy (non-hydrogen) atoms. The summed E-state index contributed by atoms with van der Waals surface area (Å²) in [5.74, 6) is -0.646. The van der Waals surface area contributed by atoms with E-state index >= 15 is 0 Å². The number of aromatic hydroxyl groups is 1. The topological polar surface area (TPSA) is 88.9 Å². The number of hydrogen-bond acceptors (Lipinski definition) is 5. The van der Waals surface area contributed by atoms with Crippen molar-refractivity contribution in [3.8, 4) is 5.75 Å². The van der Waals surface area contributed by atoms with E-state index in [0.29, 0.717) is 19.4 Å². The van der Waals surface area contributed by atoms with Crippen LogP contribution in [-0.4, -0.2) is 27.8 Å². The second kappa shape index (κ2) is 10.1. The number of phenolic OH excluding ortho intramolecular Hbond substituents is 1. The smallest absolute Gasteiger partial charge is 0.303 e. The van der Waals surface area contributed by atoms with Crippen LogP contribution in [0.5, 0.6) is 5.75 Å². The van der Waals surface area contributed by atoms with Gasteiger partial charge in [-0.3, -0.25) is 9.78 Å². The van der Waals surface area contributed by atoms with Crippen molar-refractivity contribution in [1.29, 1.82) is 0 Å². The zero-order chi connectivity index (χ0) is 23.4. The maximum absolute atomic E-state index is 10.7. The van der Waals surface area contributed by atoms with Crippen molar-refractivity contribution in [2.45, 2.75) is 45.5 Å². The van der Waals surface area contributed by atoms with Gasteiger partial charge in [0.1, 0.15) is 5.75 Å². The second-order valence-electron chi connectivity index (χ2n) is 8.54. The standard InChI is InChI=1S/C27H29NO5/c1-17-12-13-23-20(14-17)15-22(18(2)28-23)27-32-16-19(8-4-3-5-11-25(30)31)26(33-27)21-9-6-7-10-24(21)29/h3-4,6-7,9-10,12-15,19,26-27,29H,5,8,11,16H2,1-2H3,(H,30,31)/t19-,26+,27+/m1/s1. The van der Waals surface area contributed by atoms with Crippen LogP contribution >= 0.6 is 0 Å². The van der Waals surface area contributed by atoms with Crippen LogP contribution in [0.1, 0.15) is 54.0 Å². The monoisotopic (exact) mass is 447 g/mol. The van der Waals surface area contributed by atoms with Gasteiger partial charge in [0.2, 0.25) is 0 Å². The number of hydrogen-bond donors (Lipinski definition) is 2. The number of fused-ring (bicyclic) bond motifs is 1. The Morgan fingerprint density at radius 1 is 1.12 bits per heavy atom. The molecule has 1 fully saturated rings. The van der Waals surface area contributed by atoms with Crippen LogP contribution in [0.3, 0.4) is 0 Å². The molecule has 2 aromatic carbocycles. The first kappa shape index (κ1) is 23.0. The molecule has 0 aliphatic carbocycles. The van der Waals surface area contributed by atoms with Crippen molar-refractivity contribution < 1.29 is 24.5 Å². The third-order valence-corrected chi connectivity index (χ3v) is 5.99. The fraction of sp³-hybridized carbons (Fsp3) is 0.333. The summed E-state index contributed by atoms with van der Waals surface area (Å²) in [5.41, 5.74) is 4.53. The van der Waals surface area contributed by atoms with Gasteiger partial charge in [0.15, 0.2) is 6.29 Å². The molecule has 0 bridgehead atoms. The summed E-state index contributed by atoms with van der Waals surface area (Å²) in [6.07, 6.45) is 4.11. The minimum Gasteiger partial charge on any atom is -0.508 e. The average molecular weight is 448 g/mol. The number of carboxylic acids is 1. The molecule has 6 nitrogen and oxygen atoms in total. The van der Waals surface area contributed by atoms with E-state index in [1.807, 2.05) is 43.3 Å². The van der Waals surface area contributed by atoms with Gasteiger partial charge in [-0.05, 0) is 51.0 Å². The van der Waals surface area contributed by atoms with Crippen LogP contribution in [-0.2, 0) is 14.3 Å². The van der Waals surface area contributed by atoms with Crippen LogP contribution in [0.25, 0.3) is 10.9 Å². The van der Waals surface area contributed by atoms with Gasteiger partial charge in [-0.15, -0.1) is 0 Å². The SMILES string of the molecule is Cc1ccc2nc(C)c([C@H]3OC[C@@H](CC=CCCC(=O)O)[C@@H](c4ccccc4O)O3)cc2c1. The maximum Gasteiger partial charge on any atom is 0.303 e. The Labute approximate surface area is 193 Å². The number of aryl methyl sites for hydroxylation is 2. The lowest BCUT2D eigenvalue weighted by molar-refractivity contribution is -0.244. The Morgan fingerprint density at radius 3 is 2.73 bits per heavy atom. The molecular weight excluding hydrogens is 418 g/mol. The van der Waals surface area contributed by atoms with E-state index in [0.717, 1.165) is 33.3 Å². The van der Waals surface area contributed by atoms with Gasteiger partial charge in [-0.1, -0.05) is 42.0 Å². The molecule has 0 spiro atoms. The molecule has 2 heterocycles. The van der Waals surface area contributed by atoms with Gasteiger partial charge in [0.05, 0.1) is 18.2 Å². The molecular formula is C27H29NO5. The van der Waals surface area contributed by atoms with Crippen molar-refractivity contribution in [3.05, 3.63) is 83.1 Å². The number of allylic oxidation sites excluding steroid dienone is 2.